The molecule has 0 heterocycles. The van der Waals surface area contributed by atoms with Crippen LogP contribution in [0.2, 0.25) is 5.02 Å². The van der Waals surface area contributed by atoms with Gasteiger partial charge in [-0.25, -0.2) is 0 Å². The second kappa shape index (κ2) is 4.07. The maximum atomic E-state index is 10.5. The first kappa shape index (κ1) is 10.5. The second-order valence-corrected chi connectivity index (χ2v) is 4.37. The van der Waals surface area contributed by atoms with Gasteiger partial charge in [0, 0.05) is 10.8 Å². The molecule has 70 valence electrons. The van der Waals surface area contributed by atoms with Gasteiger partial charge in [0.1, 0.15) is 0 Å². The first-order chi connectivity index (χ1) is 5.97. The van der Waals surface area contributed by atoms with Crippen LogP contribution in [-0.2, 0) is 4.57 Å². The van der Waals surface area contributed by atoms with Gasteiger partial charge in [0.05, 0.1) is 0 Å². The fourth-order valence-electron chi connectivity index (χ4n) is 0.757. The minimum absolute atomic E-state index is 0.591. The van der Waals surface area contributed by atoms with Crippen molar-refractivity contribution in [3.05, 3.63) is 40.7 Å². The molecule has 1 aromatic rings. The Morgan fingerprint density at radius 2 is 1.77 bits per heavy atom. The summed E-state index contributed by atoms with van der Waals surface area (Å²) in [6, 6.07) is 6.66. The normalized spacial score (nSPS) is 12.2. The Hall–Kier alpha value is -0.600. The highest BCUT2D eigenvalue weighted by Crippen LogP contribution is 2.36. The van der Waals surface area contributed by atoms with Crippen molar-refractivity contribution in [2.75, 3.05) is 0 Å². The lowest BCUT2D eigenvalue weighted by molar-refractivity contribution is 0.386. The fourth-order valence-corrected chi connectivity index (χ4v) is 1.25. The van der Waals surface area contributed by atoms with Gasteiger partial charge in [-0.15, -0.1) is 0 Å². The topological polar surface area (TPSA) is 57.5 Å². The summed E-state index contributed by atoms with van der Waals surface area (Å²) in [5.74, 6) is 0.857. The number of hydrogen-bond acceptors (Lipinski definition) is 1. The largest absolute Gasteiger partial charge is 0.349 e. The van der Waals surface area contributed by atoms with E-state index in [9.17, 15) is 4.57 Å². The second-order valence-electron chi connectivity index (χ2n) is 2.46. The Kier molecular flexibility index (Phi) is 3.28. The molecule has 0 aliphatic rings. The maximum absolute atomic E-state index is 10.5. The number of benzene rings is 1. The monoisotopic (exact) mass is 218 g/mol. The van der Waals surface area contributed by atoms with E-state index in [1.54, 1.807) is 24.3 Å². The van der Waals surface area contributed by atoms with Gasteiger partial charge >= 0.3 is 7.60 Å². The van der Waals surface area contributed by atoms with Crippen molar-refractivity contribution in [1.29, 1.82) is 0 Å². The molecule has 0 saturated heterocycles. The van der Waals surface area contributed by atoms with E-state index in [-0.39, 0.29) is 0 Å². The quantitative estimate of drug-likeness (QED) is 0.750. The molecule has 2 N–H and O–H groups in total. The lowest BCUT2D eigenvalue weighted by Gasteiger charge is -1.95. The Balaban J connectivity index is 2.81. The lowest BCUT2D eigenvalue weighted by Crippen LogP contribution is -1.72. The molecule has 0 fully saturated rings. The molecule has 0 saturated carbocycles. The van der Waals surface area contributed by atoms with Gasteiger partial charge in [0.25, 0.3) is 0 Å². The van der Waals surface area contributed by atoms with Crippen LogP contribution < -0.4 is 0 Å². The third-order valence-corrected chi connectivity index (χ3v) is 2.12. The van der Waals surface area contributed by atoms with E-state index in [0.717, 1.165) is 5.82 Å². The number of hydrogen-bond donors (Lipinski definition) is 2. The van der Waals surface area contributed by atoms with Crippen LogP contribution in [0.4, 0.5) is 0 Å². The predicted octanol–water partition coefficient (Wildman–Crippen LogP) is 2.49. The van der Waals surface area contributed by atoms with Gasteiger partial charge < -0.3 is 9.79 Å². The van der Waals surface area contributed by atoms with Crippen LogP contribution in [0.15, 0.2) is 30.1 Å². The van der Waals surface area contributed by atoms with E-state index < -0.39 is 7.60 Å². The van der Waals surface area contributed by atoms with E-state index >= 15 is 0 Å². The first-order valence-corrected chi connectivity index (χ1v) is 5.53. The summed E-state index contributed by atoms with van der Waals surface area (Å²) in [6.45, 7) is 0. The van der Waals surface area contributed by atoms with Crippen LogP contribution in [-0.4, -0.2) is 9.79 Å². The van der Waals surface area contributed by atoms with Crippen LogP contribution in [0, 0.1) is 0 Å². The first-order valence-electron chi connectivity index (χ1n) is 3.47. The molecular formula is C8H8ClO3P. The minimum atomic E-state index is -4.06. The molecule has 0 aliphatic heterocycles. The zero-order valence-electron chi connectivity index (χ0n) is 6.59. The summed E-state index contributed by atoms with van der Waals surface area (Å²) in [5, 5.41) is 0.591. The van der Waals surface area contributed by atoms with Crippen molar-refractivity contribution in [2.24, 2.45) is 0 Å². The molecule has 0 bridgehead atoms. The van der Waals surface area contributed by atoms with Gasteiger partial charge in [-0.2, -0.15) is 0 Å². The molecule has 0 spiro atoms. The van der Waals surface area contributed by atoms with Crippen LogP contribution in [0.3, 0.4) is 0 Å². The zero-order chi connectivity index (χ0) is 9.90. The molecule has 0 amide bonds. The number of halogens is 1. The summed E-state index contributed by atoms with van der Waals surface area (Å²) in [6.07, 6.45) is 1.36. The smallest absolute Gasteiger partial charge is 0.321 e. The van der Waals surface area contributed by atoms with Gasteiger partial charge in [-0.1, -0.05) is 23.7 Å². The van der Waals surface area contributed by atoms with Crippen LogP contribution in [0.1, 0.15) is 5.56 Å². The van der Waals surface area contributed by atoms with Gasteiger partial charge in [0.15, 0.2) is 0 Å². The molecular weight excluding hydrogens is 211 g/mol. The molecule has 0 unspecified atom stereocenters. The molecule has 0 aliphatic carbocycles. The Bertz CT molecular complexity index is 352. The van der Waals surface area contributed by atoms with Crippen molar-refractivity contribution in [2.45, 2.75) is 0 Å². The van der Waals surface area contributed by atoms with E-state index in [0.29, 0.717) is 10.6 Å². The molecule has 3 nitrogen and oxygen atoms in total. The summed E-state index contributed by atoms with van der Waals surface area (Å²) in [7, 11) is -4.06. The molecule has 0 atom stereocenters. The van der Waals surface area contributed by atoms with E-state index in [4.69, 9.17) is 21.4 Å². The van der Waals surface area contributed by atoms with Crippen molar-refractivity contribution in [3.63, 3.8) is 0 Å². The molecule has 5 heteroatoms. The standard InChI is InChI=1S/C8H8ClO3P/c9-8-3-1-7(2-4-8)5-6-13(10,11)12/h1-6H,(H2,10,11,12)/b6-5+. The third kappa shape index (κ3) is 4.25. The average molecular weight is 219 g/mol. The predicted molar refractivity (Wildman–Crippen MR) is 52.5 cm³/mol. The Morgan fingerprint density at radius 3 is 2.23 bits per heavy atom. The summed E-state index contributed by atoms with van der Waals surface area (Å²) in [4.78, 5) is 17.1. The van der Waals surface area contributed by atoms with E-state index in [1.807, 2.05) is 0 Å². The molecule has 0 aromatic heterocycles. The van der Waals surface area contributed by atoms with Crippen molar-refractivity contribution >= 4 is 25.3 Å². The maximum Gasteiger partial charge on any atom is 0.349 e. The molecule has 0 radical (unpaired) electrons. The van der Waals surface area contributed by atoms with E-state index in [1.165, 1.54) is 6.08 Å². The van der Waals surface area contributed by atoms with Gasteiger partial charge in [0.2, 0.25) is 0 Å². The Labute approximate surface area is 80.8 Å². The highest BCUT2D eigenvalue weighted by molar-refractivity contribution is 7.55. The van der Waals surface area contributed by atoms with Crippen molar-refractivity contribution < 1.29 is 14.4 Å². The lowest BCUT2D eigenvalue weighted by atomic mass is 10.2. The highest BCUT2D eigenvalue weighted by Gasteiger charge is 2.04. The van der Waals surface area contributed by atoms with E-state index in [2.05, 4.69) is 0 Å². The van der Waals surface area contributed by atoms with Crippen molar-refractivity contribution in [3.8, 4) is 0 Å². The van der Waals surface area contributed by atoms with Gasteiger partial charge in [-0.3, -0.25) is 4.57 Å². The molecule has 1 rings (SSSR count). The summed E-state index contributed by atoms with van der Waals surface area (Å²) in [5.41, 5.74) is 0.702. The number of rotatable bonds is 2. The van der Waals surface area contributed by atoms with Crippen LogP contribution in [0.5, 0.6) is 0 Å². The summed E-state index contributed by atoms with van der Waals surface area (Å²) >= 11 is 5.62. The highest BCUT2D eigenvalue weighted by atomic mass is 35.5. The third-order valence-electron chi connectivity index (χ3n) is 1.33. The molecule has 13 heavy (non-hydrogen) atoms. The van der Waals surface area contributed by atoms with Gasteiger partial charge in [-0.05, 0) is 23.8 Å². The van der Waals surface area contributed by atoms with Crippen molar-refractivity contribution in [1.82, 2.24) is 0 Å². The Morgan fingerprint density at radius 1 is 1.23 bits per heavy atom. The summed E-state index contributed by atoms with van der Waals surface area (Å²) < 4.78 is 10.5. The zero-order valence-corrected chi connectivity index (χ0v) is 8.24. The molecule has 1 aromatic carbocycles. The fraction of sp³-hybridized carbons (Fsp3) is 0. The van der Waals surface area contributed by atoms with Crippen LogP contribution in [0.25, 0.3) is 6.08 Å². The van der Waals surface area contributed by atoms with Crippen LogP contribution >= 0.6 is 19.2 Å². The SMILES string of the molecule is O=P(O)(O)/C=C/c1ccc(Cl)cc1. The average Bonchev–Trinajstić information content (AvgIpc) is 2.02. The minimum Gasteiger partial charge on any atom is -0.321 e.